The molecule has 2 rings (SSSR count). The number of hydrazone groups is 1. The molecule has 0 spiro atoms. The molecule has 0 saturated heterocycles. The van der Waals surface area contributed by atoms with Gasteiger partial charge in [0.1, 0.15) is 5.75 Å². The van der Waals surface area contributed by atoms with Gasteiger partial charge >= 0.3 is 0 Å². The fourth-order valence-electron chi connectivity index (χ4n) is 2.42. The van der Waals surface area contributed by atoms with E-state index < -0.39 is 5.91 Å². The fourth-order valence-corrected chi connectivity index (χ4v) is 2.42. The Labute approximate surface area is 148 Å². The molecule has 25 heavy (non-hydrogen) atoms. The second-order valence-electron chi connectivity index (χ2n) is 5.80. The van der Waals surface area contributed by atoms with Gasteiger partial charge in [0.05, 0.1) is 11.8 Å². The first-order chi connectivity index (χ1) is 12.2. The van der Waals surface area contributed by atoms with Crippen molar-refractivity contribution >= 4 is 18.2 Å². The molecule has 0 saturated carbocycles. The number of hydrogen-bond acceptors (Lipinski definition) is 3. The van der Waals surface area contributed by atoms with Gasteiger partial charge in [0.15, 0.2) is 0 Å². The number of hydrogen-bond donors (Lipinski definition) is 2. The number of carbonyl (C=O) groups excluding carboxylic acids is 1. The Morgan fingerprint density at radius 2 is 1.80 bits per heavy atom. The van der Waals surface area contributed by atoms with Gasteiger partial charge in [-0.05, 0) is 36.1 Å². The Bertz CT molecular complexity index is 737. The summed E-state index contributed by atoms with van der Waals surface area (Å²) in [5.41, 5.74) is 4.84. The first kappa shape index (κ1) is 18.5. The smallest absolute Gasteiger partial charge is 0.275 e. The average Bonchev–Trinajstić information content (AvgIpc) is 2.63. The van der Waals surface area contributed by atoms with Gasteiger partial charge in [0.2, 0.25) is 0 Å². The van der Waals surface area contributed by atoms with E-state index >= 15 is 0 Å². The number of allylic oxidation sites excluding steroid dienone is 1. The van der Waals surface area contributed by atoms with Crippen LogP contribution < -0.4 is 5.43 Å². The third-order valence-electron chi connectivity index (χ3n) is 3.77. The highest BCUT2D eigenvalue weighted by Gasteiger charge is 2.08. The van der Waals surface area contributed by atoms with Crippen molar-refractivity contribution in [1.82, 2.24) is 5.43 Å². The maximum atomic E-state index is 12.1. The zero-order valence-electron chi connectivity index (χ0n) is 14.5. The van der Waals surface area contributed by atoms with Gasteiger partial charge in [0, 0.05) is 0 Å². The number of unbranched alkanes of at least 4 members (excludes halogenated alkanes) is 2. The Kier molecular flexibility index (Phi) is 7.44. The predicted octanol–water partition coefficient (Wildman–Crippen LogP) is 4.77. The third-order valence-corrected chi connectivity index (χ3v) is 3.77. The van der Waals surface area contributed by atoms with E-state index in [4.69, 9.17) is 0 Å². The molecule has 1 amide bonds. The molecule has 0 fully saturated rings. The van der Waals surface area contributed by atoms with Crippen molar-refractivity contribution in [3.05, 3.63) is 71.3 Å². The molecule has 4 heteroatoms. The van der Waals surface area contributed by atoms with Crippen LogP contribution in [0, 0.1) is 0 Å². The van der Waals surface area contributed by atoms with Crippen molar-refractivity contribution in [1.29, 1.82) is 0 Å². The number of nitrogens with zero attached hydrogens (tertiary/aromatic N) is 1. The summed E-state index contributed by atoms with van der Waals surface area (Å²) in [7, 11) is 0. The highest BCUT2D eigenvalue weighted by Crippen LogP contribution is 2.15. The van der Waals surface area contributed by atoms with Crippen LogP contribution in [0.4, 0.5) is 0 Å². The first-order valence-corrected chi connectivity index (χ1v) is 8.57. The first-order valence-electron chi connectivity index (χ1n) is 8.57. The number of amides is 1. The molecule has 0 aliphatic heterocycles. The normalized spacial score (nSPS) is 11.6. The van der Waals surface area contributed by atoms with Gasteiger partial charge in [-0.1, -0.05) is 68.3 Å². The van der Waals surface area contributed by atoms with Gasteiger partial charge in [-0.15, -0.1) is 0 Å². The zero-order chi connectivity index (χ0) is 17.9. The van der Waals surface area contributed by atoms with Crippen LogP contribution in [-0.2, 0) is 0 Å². The summed E-state index contributed by atoms with van der Waals surface area (Å²) in [5, 5.41) is 13.8. The maximum Gasteiger partial charge on any atom is 0.275 e. The lowest BCUT2D eigenvalue weighted by molar-refractivity contribution is 0.0952. The van der Waals surface area contributed by atoms with Gasteiger partial charge in [-0.2, -0.15) is 5.10 Å². The van der Waals surface area contributed by atoms with Crippen molar-refractivity contribution in [2.45, 2.75) is 32.6 Å². The molecule has 0 unspecified atom stereocenters. The number of phenols is 1. The maximum absolute atomic E-state index is 12.1. The van der Waals surface area contributed by atoms with Gasteiger partial charge < -0.3 is 5.11 Å². The predicted molar refractivity (Wildman–Crippen MR) is 103 cm³/mol. The molecular formula is C21H24N2O2. The van der Waals surface area contributed by atoms with Crippen LogP contribution in [0.15, 0.2) is 65.3 Å². The minimum atomic E-state index is -0.429. The standard InChI is InChI=1S/C21H24N2O2/c1-2-3-5-12-18(15-17-10-6-4-7-11-17)16-22-23-21(25)19-13-8-9-14-20(19)24/h4,6-11,13-16,24H,2-3,5,12H2,1H3,(H,23,25)/b18-15-,22-16+. The van der Waals surface area contributed by atoms with Gasteiger partial charge in [-0.3, -0.25) is 4.79 Å². The molecule has 0 aromatic heterocycles. The lowest BCUT2D eigenvalue weighted by Gasteiger charge is -2.04. The van der Waals surface area contributed by atoms with Crippen LogP contribution in [0.5, 0.6) is 5.75 Å². The molecule has 0 atom stereocenters. The van der Waals surface area contributed by atoms with E-state index in [0.29, 0.717) is 0 Å². The molecule has 0 bridgehead atoms. The average molecular weight is 336 g/mol. The minimum Gasteiger partial charge on any atom is -0.507 e. The van der Waals surface area contributed by atoms with E-state index in [0.717, 1.165) is 36.8 Å². The minimum absolute atomic E-state index is 0.0572. The van der Waals surface area contributed by atoms with Crippen molar-refractivity contribution in [2.75, 3.05) is 0 Å². The van der Waals surface area contributed by atoms with Crippen molar-refractivity contribution in [2.24, 2.45) is 5.10 Å². The van der Waals surface area contributed by atoms with Crippen LogP contribution in [0.2, 0.25) is 0 Å². The van der Waals surface area contributed by atoms with Crippen LogP contribution in [0.25, 0.3) is 6.08 Å². The molecular weight excluding hydrogens is 312 g/mol. The number of nitrogens with one attached hydrogen (secondary N) is 1. The topological polar surface area (TPSA) is 61.7 Å². The van der Waals surface area contributed by atoms with E-state index in [1.165, 1.54) is 6.07 Å². The summed E-state index contributed by atoms with van der Waals surface area (Å²) < 4.78 is 0. The SMILES string of the molecule is CCCCCC(=C/c1ccccc1)/C=N/NC(=O)c1ccccc1O. The monoisotopic (exact) mass is 336 g/mol. The number of para-hydroxylation sites is 1. The number of carbonyl (C=O) groups is 1. The second-order valence-corrected chi connectivity index (χ2v) is 5.80. The summed E-state index contributed by atoms with van der Waals surface area (Å²) in [4.78, 5) is 12.1. The van der Waals surface area contributed by atoms with Crippen LogP contribution in [0.1, 0.15) is 48.5 Å². The molecule has 0 radical (unpaired) electrons. The van der Waals surface area contributed by atoms with Crippen LogP contribution >= 0.6 is 0 Å². The Hall–Kier alpha value is -2.88. The van der Waals surface area contributed by atoms with Gasteiger partial charge in [-0.25, -0.2) is 5.43 Å². The quantitative estimate of drug-likeness (QED) is 0.414. The molecule has 2 N–H and O–H groups in total. The number of aromatic hydroxyl groups is 1. The number of benzene rings is 2. The molecule has 4 nitrogen and oxygen atoms in total. The Morgan fingerprint density at radius 1 is 1.08 bits per heavy atom. The molecule has 0 heterocycles. The van der Waals surface area contributed by atoms with E-state index in [-0.39, 0.29) is 11.3 Å². The summed E-state index contributed by atoms with van der Waals surface area (Å²) in [6.45, 7) is 2.17. The van der Waals surface area contributed by atoms with E-state index in [2.05, 4.69) is 23.5 Å². The van der Waals surface area contributed by atoms with E-state index in [9.17, 15) is 9.90 Å². The Morgan fingerprint density at radius 3 is 2.52 bits per heavy atom. The summed E-state index contributed by atoms with van der Waals surface area (Å²) in [6.07, 6.45) is 8.04. The number of rotatable bonds is 8. The lowest BCUT2D eigenvalue weighted by atomic mass is 10.1. The zero-order valence-corrected chi connectivity index (χ0v) is 14.5. The summed E-state index contributed by atoms with van der Waals surface area (Å²) >= 11 is 0. The van der Waals surface area contributed by atoms with Crippen LogP contribution in [-0.4, -0.2) is 17.2 Å². The van der Waals surface area contributed by atoms with Crippen molar-refractivity contribution < 1.29 is 9.90 Å². The van der Waals surface area contributed by atoms with E-state index in [1.807, 2.05) is 30.3 Å². The molecule has 2 aromatic rings. The van der Waals surface area contributed by atoms with Crippen LogP contribution in [0.3, 0.4) is 0 Å². The highest BCUT2D eigenvalue weighted by atomic mass is 16.3. The summed E-state index contributed by atoms with van der Waals surface area (Å²) in [5.74, 6) is -0.486. The van der Waals surface area contributed by atoms with E-state index in [1.54, 1.807) is 24.4 Å². The molecule has 130 valence electrons. The van der Waals surface area contributed by atoms with Crippen molar-refractivity contribution in [3.63, 3.8) is 0 Å². The van der Waals surface area contributed by atoms with Gasteiger partial charge in [0.25, 0.3) is 5.91 Å². The molecule has 0 aliphatic carbocycles. The summed E-state index contributed by atoms with van der Waals surface area (Å²) in [6, 6.07) is 16.4. The molecule has 0 aliphatic rings. The third kappa shape index (κ3) is 6.26. The number of phenolic OH excluding ortho intramolecular Hbond substituents is 1. The fraction of sp³-hybridized carbons (Fsp3) is 0.238. The largest absolute Gasteiger partial charge is 0.507 e. The highest BCUT2D eigenvalue weighted by molar-refractivity contribution is 5.97. The molecule has 2 aromatic carbocycles. The second kappa shape index (κ2) is 10.1. The van der Waals surface area contributed by atoms with Crippen molar-refractivity contribution in [3.8, 4) is 5.75 Å². The lowest BCUT2D eigenvalue weighted by Crippen LogP contribution is -2.17. The Balaban J connectivity index is 2.05.